The van der Waals surface area contributed by atoms with Crippen molar-refractivity contribution in [3.63, 3.8) is 0 Å². The van der Waals surface area contributed by atoms with Gasteiger partial charge in [0.05, 0.1) is 38.1 Å². The molecule has 0 amide bonds. The van der Waals surface area contributed by atoms with E-state index in [0.29, 0.717) is 0 Å². The van der Waals surface area contributed by atoms with Gasteiger partial charge in [-0.25, -0.2) is 9.97 Å². The maximum atomic E-state index is 5.08. The van der Waals surface area contributed by atoms with Gasteiger partial charge in [0, 0.05) is 4.88 Å². The second-order valence-corrected chi connectivity index (χ2v) is 8.61. The molecule has 1 saturated heterocycles. The van der Waals surface area contributed by atoms with E-state index >= 15 is 0 Å². The molecular formula is C18H25N6S+. The summed E-state index contributed by atoms with van der Waals surface area (Å²) in [6, 6.07) is 0. The Morgan fingerprint density at radius 1 is 1.32 bits per heavy atom. The minimum absolute atomic E-state index is 0.748. The van der Waals surface area contributed by atoms with Gasteiger partial charge < -0.3 is 9.80 Å². The average Bonchev–Trinajstić information content (AvgIpc) is 3.24. The van der Waals surface area contributed by atoms with Gasteiger partial charge in [-0.15, -0.1) is 11.3 Å². The topological polar surface area (TPSA) is 50.8 Å². The third kappa shape index (κ3) is 2.44. The van der Waals surface area contributed by atoms with E-state index in [9.17, 15) is 0 Å². The van der Waals surface area contributed by atoms with Crippen molar-refractivity contribution in [3.8, 4) is 0 Å². The first kappa shape index (κ1) is 15.5. The number of nitrogens with zero attached hydrogens (tertiary/aromatic N) is 5. The fourth-order valence-corrected chi connectivity index (χ4v) is 5.54. The number of hydrogen-bond donors (Lipinski definition) is 1. The molecule has 0 unspecified atom stereocenters. The van der Waals surface area contributed by atoms with Gasteiger partial charge in [0.2, 0.25) is 5.95 Å². The second kappa shape index (κ2) is 5.92. The lowest BCUT2D eigenvalue weighted by molar-refractivity contribution is -0.898. The summed E-state index contributed by atoms with van der Waals surface area (Å²) in [5, 5.41) is 5.79. The molecule has 6 nitrogen and oxygen atoms in total. The Morgan fingerprint density at radius 2 is 2.16 bits per heavy atom. The minimum atomic E-state index is 0.748. The number of fused-ring (bicyclic) bond motifs is 5. The van der Waals surface area contributed by atoms with Crippen LogP contribution in [0.3, 0.4) is 0 Å². The van der Waals surface area contributed by atoms with Crippen LogP contribution in [-0.2, 0) is 12.8 Å². The molecule has 132 valence electrons. The summed E-state index contributed by atoms with van der Waals surface area (Å²) >= 11 is 1.88. The lowest BCUT2D eigenvalue weighted by Gasteiger charge is -2.32. The van der Waals surface area contributed by atoms with Gasteiger partial charge in [-0.1, -0.05) is 6.92 Å². The van der Waals surface area contributed by atoms with Crippen LogP contribution in [0.15, 0.2) is 6.33 Å². The third-order valence-electron chi connectivity index (χ3n) is 5.90. The fourth-order valence-electron chi connectivity index (χ4n) is 4.33. The molecule has 1 fully saturated rings. The molecule has 1 atom stereocenters. The van der Waals surface area contributed by atoms with Crippen LogP contribution < -0.4 is 9.80 Å². The van der Waals surface area contributed by atoms with Gasteiger partial charge in [0.25, 0.3) is 0 Å². The standard InChI is InChI=1S/C18H24N6S/c1-3-22-6-8-23(9-7-22)18-21-17-15(16-19-11-20-24(16)18)13-10-12(2)4-5-14(13)25-17/h11-12H,3-10H2,1-2H3/p+1/t12-/m1/s1. The molecule has 25 heavy (non-hydrogen) atoms. The van der Waals surface area contributed by atoms with E-state index in [1.54, 1.807) is 11.2 Å². The average molecular weight is 358 g/mol. The number of piperazine rings is 1. The number of quaternary nitrogens is 1. The summed E-state index contributed by atoms with van der Waals surface area (Å²) in [6.07, 6.45) is 5.31. The summed E-state index contributed by atoms with van der Waals surface area (Å²) in [7, 11) is 0. The van der Waals surface area contributed by atoms with Gasteiger partial charge in [-0.3, -0.25) is 0 Å². The molecule has 3 aromatic rings. The highest BCUT2D eigenvalue weighted by atomic mass is 32.1. The SMILES string of the molecule is CC[NH+]1CCN(c2nc3sc4c(c3c3ncnn23)C[C@H](C)CC4)CC1. The Bertz CT molecular complexity index is 921. The van der Waals surface area contributed by atoms with Crippen LogP contribution in [-0.4, -0.2) is 52.3 Å². The number of nitrogens with one attached hydrogen (secondary N) is 1. The first-order valence-corrected chi connectivity index (χ1v) is 10.3. The van der Waals surface area contributed by atoms with E-state index in [1.165, 1.54) is 48.3 Å². The summed E-state index contributed by atoms with van der Waals surface area (Å²) in [5.74, 6) is 1.72. The van der Waals surface area contributed by atoms with Crippen molar-refractivity contribution in [2.45, 2.75) is 33.1 Å². The molecule has 0 saturated carbocycles. The van der Waals surface area contributed by atoms with Crippen molar-refractivity contribution in [3.05, 3.63) is 16.8 Å². The number of rotatable bonds is 2. The lowest BCUT2D eigenvalue weighted by Crippen LogP contribution is -3.14. The quantitative estimate of drug-likeness (QED) is 0.749. The first-order chi connectivity index (χ1) is 12.2. The summed E-state index contributed by atoms with van der Waals surface area (Å²) in [4.78, 5) is 16.4. The molecule has 0 spiro atoms. The van der Waals surface area contributed by atoms with E-state index < -0.39 is 0 Å². The number of thiophene rings is 1. The van der Waals surface area contributed by atoms with Crippen LogP contribution >= 0.6 is 11.3 Å². The van der Waals surface area contributed by atoms with E-state index in [1.807, 2.05) is 15.9 Å². The first-order valence-electron chi connectivity index (χ1n) is 9.47. The zero-order valence-corrected chi connectivity index (χ0v) is 15.8. The number of anilines is 1. The van der Waals surface area contributed by atoms with Gasteiger partial charge in [-0.05, 0) is 37.7 Å². The molecule has 0 radical (unpaired) electrons. The van der Waals surface area contributed by atoms with Crippen LogP contribution in [0, 0.1) is 5.92 Å². The zero-order valence-electron chi connectivity index (χ0n) is 15.0. The monoisotopic (exact) mass is 357 g/mol. The van der Waals surface area contributed by atoms with Crippen LogP contribution in [0.5, 0.6) is 0 Å². The van der Waals surface area contributed by atoms with E-state index in [0.717, 1.165) is 41.9 Å². The van der Waals surface area contributed by atoms with Crippen LogP contribution in [0.4, 0.5) is 5.95 Å². The third-order valence-corrected chi connectivity index (χ3v) is 7.09. The smallest absolute Gasteiger partial charge is 0.230 e. The number of hydrogen-bond acceptors (Lipinski definition) is 5. The molecule has 4 heterocycles. The highest BCUT2D eigenvalue weighted by molar-refractivity contribution is 7.19. The second-order valence-electron chi connectivity index (χ2n) is 7.53. The normalized spacial score (nSPS) is 22.0. The van der Waals surface area contributed by atoms with E-state index in [-0.39, 0.29) is 0 Å². The molecule has 1 aliphatic carbocycles. The van der Waals surface area contributed by atoms with Crippen molar-refractivity contribution in [1.82, 2.24) is 19.6 Å². The molecule has 7 heteroatoms. The highest BCUT2D eigenvalue weighted by Crippen LogP contribution is 2.39. The van der Waals surface area contributed by atoms with Crippen molar-refractivity contribution in [2.75, 3.05) is 37.6 Å². The fraction of sp³-hybridized carbons (Fsp3) is 0.611. The van der Waals surface area contributed by atoms with Gasteiger partial charge in [0.15, 0.2) is 5.65 Å². The van der Waals surface area contributed by atoms with Crippen molar-refractivity contribution < 1.29 is 4.90 Å². The number of aromatic nitrogens is 4. The van der Waals surface area contributed by atoms with Gasteiger partial charge in [0.1, 0.15) is 11.2 Å². The van der Waals surface area contributed by atoms with Crippen LogP contribution in [0.1, 0.15) is 30.7 Å². The van der Waals surface area contributed by atoms with E-state index in [4.69, 9.17) is 4.98 Å². The Hall–Kier alpha value is -1.73. The predicted octanol–water partition coefficient (Wildman–Crippen LogP) is 1.19. The van der Waals surface area contributed by atoms with Crippen molar-refractivity contribution in [2.24, 2.45) is 5.92 Å². The number of likely N-dealkylation sites (N-methyl/N-ethyl adjacent to an activating group) is 1. The molecule has 0 aromatic carbocycles. The number of aryl methyl sites for hydroxylation is 1. The van der Waals surface area contributed by atoms with Gasteiger partial charge in [-0.2, -0.15) is 9.61 Å². The lowest BCUT2D eigenvalue weighted by atomic mass is 9.89. The molecule has 0 bridgehead atoms. The summed E-state index contributed by atoms with van der Waals surface area (Å²) in [5.41, 5.74) is 2.48. The summed E-state index contributed by atoms with van der Waals surface area (Å²) in [6.45, 7) is 10.2. The van der Waals surface area contributed by atoms with Crippen molar-refractivity contribution in [1.29, 1.82) is 0 Å². The molecule has 2 aliphatic rings. The Morgan fingerprint density at radius 3 is 2.96 bits per heavy atom. The molecule has 5 rings (SSSR count). The van der Waals surface area contributed by atoms with Gasteiger partial charge >= 0.3 is 0 Å². The Kier molecular flexibility index (Phi) is 3.67. The molecule has 3 aromatic heterocycles. The zero-order chi connectivity index (χ0) is 17.0. The minimum Gasteiger partial charge on any atom is -0.332 e. The molecular weight excluding hydrogens is 332 g/mol. The predicted molar refractivity (Wildman–Crippen MR) is 101 cm³/mol. The molecule has 1 aliphatic heterocycles. The van der Waals surface area contributed by atoms with E-state index in [2.05, 4.69) is 28.8 Å². The molecule has 1 N–H and O–H groups in total. The highest BCUT2D eigenvalue weighted by Gasteiger charge is 2.27. The van der Waals surface area contributed by atoms with Crippen LogP contribution in [0.2, 0.25) is 0 Å². The summed E-state index contributed by atoms with van der Waals surface area (Å²) < 4.78 is 1.98. The maximum absolute atomic E-state index is 5.08. The van der Waals surface area contributed by atoms with Crippen molar-refractivity contribution >= 4 is 33.1 Å². The Balaban J connectivity index is 1.64. The maximum Gasteiger partial charge on any atom is 0.230 e. The largest absolute Gasteiger partial charge is 0.332 e. The Labute approximate surface area is 151 Å². The van der Waals surface area contributed by atoms with Crippen LogP contribution in [0.25, 0.3) is 15.9 Å².